The molecule has 6 nitrogen and oxygen atoms in total. The number of fused-ring (bicyclic) bond motifs is 2. The summed E-state index contributed by atoms with van der Waals surface area (Å²) >= 11 is 1.72. The van der Waals surface area contributed by atoms with E-state index < -0.39 is 0 Å². The fourth-order valence-corrected chi connectivity index (χ4v) is 4.58. The molecule has 28 heavy (non-hydrogen) atoms. The van der Waals surface area contributed by atoms with Gasteiger partial charge in [0.15, 0.2) is 5.82 Å². The Kier molecular flexibility index (Phi) is 3.87. The minimum Gasteiger partial charge on any atom is -0.362 e. The van der Waals surface area contributed by atoms with Gasteiger partial charge in [-0.25, -0.2) is 4.68 Å². The summed E-state index contributed by atoms with van der Waals surface area (Å²) in [5, 5.41) is 12.4. The van der Waals surface area contributed by atoms with Crippen molar-refractivity contribution in [3.63, 3.8) is 0 Å². The van der Waals surface area contributed by atoms with E-state index in [9.17, 15) is 9.59 Å². The summed E-state index contributed by atoms with van der Waals surface area (Å²) in [7, 11) is 1.61. The van der Waals surface area contributed by atoms with E-state index in [1.165, 1.54) is 26.4 Å². The molecule has 1 saturated carbocycles. The van der Waals surface area contributed by atoms with Gasteiger partial charge in [-0.3, -0.25) is 9.59 Å². The molecule has 0 amide bonds. The van der Waals surface area contributed by atoms with Crippen molar-refractivity contribution >= 4 is 38.0 Å². The SMILES string of the molecule is C[C@H](Nc1nn(C)c(=O)c2cc(=O)n(C3CC3)cc12)c1cccc2sccc12. The van der Waals surface area contributed by atoms with Crippen LogP contribution in [0.2, 0.25) is 0 Å². The van der Waals surface area contributed by atoms with Gasteiger partial charge in [0.25, 0.3) is 11.1 Å². The van der Waals surface area contributed by atoms with E-state index in [0.717, 1.165) is 12.8 Å². The number of aryl methyl sites for hydroxylation is 1. The fourth-order valence-electron chi connectivity index (χ4n) is 3.76. The molecule has 7 heteroatoms. The molecule has 142 valence electrons. The molecular weight excluding hydrogens is 372 g/mol. The standard InChI is InChI=1S/C21H20N4O2S/c1-12(14-4-3-5-18-15(14)8-9-28-18)22-20-17-11-25(13-6-7-13)19(26)10-16(17)21(27)24(2)23-20/h3-5,8-13H,6-7H2,1-2H3,(H,22,23)/t12-/m0/s1. The zero-order chi connectivity index (χ0) is 19.4. The normalized spacial score (nSPS) is 15.2. The molecule has 3 heterocycles. The van der Waals surface area contributed by atoms with Crippen LogP contribution >= 0.6 is 11.3 Å². The minimum atomic E-state index is -0.256. The molecule has 1 aliphatic carbocycles. The van der Waals surface area contributed by atoms with Crippen LogP contribution in [0.3, 0.4) is 0 Å². The van der Waals surface area contributed by atoms with E-state index in [4.69, 9.17) is 0 Å². The Morgan fingerprint density at radius 1 is 1.18 bits per heavy atom. The van der Waals surface area contributed by atoms with Gasteiger partial charge in [0.1, 0.15) is 0 Å². The van der Waals surface area contributed by atoms with Crippen molar-refractivity contribution < 1.29 is 0 Å². The van der Waals surface area contributed by atoms with Crippen molar-refractivity contribution in [3.05, 3.63) is 68.2 Å². The highest BCUT2D eigenvalue weighted by Crippen LogP contribution is 2.35. The summed E-state index contributed by atoms with van der Waals surface area (Å²) in [4.78, 5) is 25.0. The van der Waals surface area contributed by atoms with Gasteiger partial charge >= 0.3 is 0 Å². The molecule has 0 spiro atoms. The maximum atomic E-state index is 12.6. The average molecular weight is 392 g/mol. The number of benzene rings is 1. The number of anilines is 1. The van der Waals surface area contributed by atoms with Gasteiger partial charge in [-0.05, 0) is 48.2 Å². The quantitative estimate of drug-likeness (QED) is 0.573. The molecule has 3 aromatic heterocycles. The second-order valence-electron chi connectivity index (χ2n) is 7.40. The van der Waals surface area contributed by atoms with Gasteiger partial charge in [0.05, 0.1) is 11.4 Å². The van der Waals surface area contributed by atoms with Crippen molar-refractivity contribution in [2.45, 2.75) is 31.8 Å². The van der Waals surface area contributed by atoms with Crippen LogP contribution in [-0.2, 0) is 7.05 Å². The number of aromatic nitrogens is 3. The number of nitrogens with zero attached hydrogens (tertiary/aromatic N) is 3. The first-order chi connectivity index (χ1) is 13.5. The Labute approximate surface area is 165 Å². The molecule has 1 fully saturated rings. The van der Waals surface area contributed by atoms with E-state index in [1.54, 1.807) is 29.1 Å². The second-order valence-corrected chi connectivity index (χ2v) is 8.35. The Morgan fingerprint density at radius 2 is 2.00 bits per heavy atom. The van der Waals surface area contributed by atoms with Crippen LogP contribution in [0.15, 0.2) is 51.5 Å². The number of thiophene rings is 1. The van der Waals surface area contributed by atoms with Crippen LogP contribution < -0.4 is 16.4 Å². The number of rotatable bonds is 4. The lowest BCUT2D eigenvalue weighted by atomic mass is 10.0. The lowest BCUT2D eigenvalue weighted by Gasteiger charge is -2.18. The van der Waals surface area contributed by atoms with Gasteiger partial charge in [-0.15, -0.1) is 11.3 Å². The summed E-state index contributed by atoms with van der Waals surface area (Å²) in [6.45, 7) is 2.09. The van der Waals surface area contributed by atoms with Crippen molar-refractivity contribution in [1.29, 1.82) is 0 Å². The molecule has 0 unspecified atom stereocenters. The highest BCUT2D eigenvalue weighted by Gasteiger charge is 2.25. The van der Waals surface area contributed by atoms with E-state index in [-0.39, 0.29) is 23.2 Å². The third-order valence-corrected chi connectivity index (χ3v) is 6.28. The van der Waals surface area contributed by atoms with Crippen LogP contribution in [0.5, 0.6) is 0 Å². The van der Waals surface area contributed by atoms with Crippen LogP contribution in [0.25, 0.3) is 20.9 Å². The van der Waals surface area contributed by atoms with E-state index in [1.807, 2.05) is 0 Å². The molecule has 1 N–H and O–H groups in total. The van der Waals surface area contributed by atoms with Gasteiger partial charge in [-0.2, -0.15) is 5.10 Å². The summed E-state index contributed by atoms with van der Waals surface area (Å²) in [5.41, 5.74) is 0.798. The third-order valence-electron chi connectivity index (χ3n) is 5.40. The summed E-state index contributed by atoms with van der Waals surface area (Å²) < 4.78 is 4.27. The van der Waals surface area contributed by atoms with Crippen LogP contribution in [0, 0.1) is 0 Å². The molecule has 4 aromatic rings. The topological polar surface area (TPSA) is 68.9 Å². The molecule has 5 rings (SSSR count). The lowest BCUT2D eigenvalue weighted by molar-refractivity contribution is 0.698. The zero-order valence-electron chi connectivity index (χ0n) is 15.7. The maximum Gasteiger partial charge on any atom is 0.274 e. The number of pyridine rings is 1. The van der Waals surface area contributed by atoms with Gasteiger partial charge < -0.3 is 9.88 Å². The fraction of sp³-hybridized carbons (Fsp3) is 0.286. The Morgan fingerprint density at radius 3 is 2.79 bits per heavy atom. The molecule has 0 radical (unpaired) electrons. The first-order valence-electron chi connectivity index (χ1n) is 9.39. The predicted octanol–water partition coefficient (Wildman–Crippen LogP) is 3.82. The number of nitrogens with one attached hydrogen (secondary N) is 1. The largest absolute Gasteiger partial charge is 0.362 e. The van der Waals surface area contributed by atoms with Crippen molar-refractivity contribution in [2.24, 2.45) is 7.05 Å². The Bertz CT molecular complexity index is 1330. The predicted molar refractivity (Wildman–Crippen MR) is 113 cm³/mol. The lowest BCUT2D eigenvalue weighted by Crippen LogP contribution is -2.26. The smallest absolute Gasteiger partial charge is 0.274 e. The number of hydrogen-bond acceptors (Lipinski definition) is 5. The summed E-state index contributed by atoms with van der Waals surface area (Å²) in [5.74, 6) is 0.617. The molecular formula is C21H20N4O2S. The molecule has 0 bridgehead atoms. The van der Waals surface area contributed by atoms with Crippen molar-refractivity contribution in [1.82, 2.24) is 14.3 Å². The second kappa shape index (κ2) is 6.31. The van der Waals surface area contributed by atoms with E-state index in [2.05, 4.69) is 47.0 Å². The van der Waals surface area contributed by atoms with Gasteiger partial charge in [0, 0.05) is 35.4 Å². The zero-order valence-corrected chi connectivity index (χ0v) is 16.5. The average Bonchev–Trinajstić information content (AvgIpc) is 3.41. The molecule has 0 aliphatic heterocycles. The van der Waals surface area contributed by atoms with Crippen molar-refractivity contribution in [3.8, 4) is 0 Å². The monoisotopic (exact) mass is 392 g/mol. The highest BCUT2D eigenvalue weighted by atomic mass is 32.1. The van der Waals surface area contributed by atoms with Gasteiger partial charge in [0.2, 0.25) is 0 Å². The first kappa shape index (κ1) is 17.2. The Balaban J connectivity index is 1.65. The number of hydrogen-bond donors (Lipinski definition) is 1. The van der Waals surface area contributed by atoms with Crippen molar-refractivity contribution in [2.75, 3.05) is 5.32 Å². The van der Waals surface area contributed by atoms with Crippen LogP contribution in [-0.4, -0.2) is 14.3 Å². The highest BCUT2D eigenvalue weighted by molar-refractivity contribution is 7.17. The summed E-state index contributed by atoms with van der Waals surface area (Å²) in [6.07, 6.45) is 3.80. The minimum absolute atomic E-state index is 0.00666. The third kappa shape index (κ3) is 2.74. The van der Waals surface area contributed by atoms with Gasteiger partial charge in [-0.1, -0.05) is 12.1 Å². The molecule has 0 saturated heterocycles. The first-order valence-corrected chi connectivity index (χ1v) is 10.3. The van der Waals surface area contributed by atoms with E-state index in [0.29, 0.717) is 16.6 Å². The molecule has 1 atom stereocenters. The molecule has 1 aromatic carbocycles. The van der Waals surface area contributed by atoms with E-state index >= 15 is 0 Å². The summed E-state index contributed by atoms with van der Waals surface area (Å²) in [6, 6.07) is 10.1. The maximum absolute atomic E-state index is 12.6. The molecule has 1 aliphatic rings. The Hall–Kier alpha value is -2.93. The van der Waals surface area contributed by atoms with Crippen LogP contribution in [0.4, 0.5) is 5.82 Å². The van der Waals surface area contributed by atoms with Crippen LogP contribution in [0.1, 0.15) is 37.4 Å².